The van der Waals surface area contributed by atoms with Gasteiger partial charge >= 0.3 is 0 Å². The van der Waals surface area contributed by atoms with Gasteiger partial charge in [-0.15, -0.1) is 0 Å². The van der Waals surface area contributed by atoms with Crippen molar-refractivity contribution >= 4 is 21.8 Å². The van der Waals surface area contributed by atoms with Crippen molar-refractivity contribution in [3.63, 3.8) is 0 Å². The summed E-state index contributed by atoms with van der Waals surface area (Å²) in [7, 11) is 0. The average molecular weight is 552 g/mol. The number of hydrogen-bond donors (Lipinski definition) is 0. The normalized spacial score (nSPS) is 11.6. The van der Waals surface area contributed by atoms with Crippen molar-refractivity contribution in [3.05, 3.63) is 158 Å². The third-order valence-electron chi connectivity index (χ3n) is 7.80. The van der Waals surface area contributed by atoms with Crippen LogP contribution in [-0.2, 0) is 0 Å². The molecule has 0 saturated heterocycles. The standard InChI is InChI=1S/C39H26N4/c1-4-14-27(15-5-1)30-24-25-33(36(26-30)43-34-22-12-10-20-31(34)32-21-11-13-23-35(32)43)39-41-37(28-16-6-2-7-17-28)40-38(42-39)29-18-8-3-9-19-29/h1-26H/i12D. The van der Waals surface area contributed by atoms with Gasteiger partial charge in [0.05, 0.1) is 18.1 Å². The molecule has 0 saturated carbocycles. The van der Waals surface area contributed by atoms with Crippen molar-refractivity contribution < 1.29 is 1.37 Å². The predicted octanol–water partition coefficient (Wildman–Crippen LogP) is 9.64. The fourth-order valence-corrected chi connectivity index (χ4v) is 5.77. The number of hydrogen-bond acceptors (Lipinski definition) is 3. The Labute approximate surface area is 251 Å². The van der Waals surface area contributed by atoms with E-state index < -0.39 is 0 Å². The summed E-state index contributed by atoms with van der Waals surface area (Å²) in [6, 6.07) is 51.6. The first-order valence-corrected chi connectivity index (χ1v) is 14.3. The highest BCUT2D eigenvalue weighted by Gasteiger charge is 2.20. The van der Waals surface area contributed by atoms with Crippen molar-refractivity contribution in [2.24, 2.45) is 0 Å². The van der Waals surface area contributed by atoms with Gasteiger partial charge < -0.3 is 4.57 Å². The van der Waals surface area contributed by atoms with Crippen LogP contribution in [0.15, 0.2) is 158 Å². The number of nitrogens with zero attached hydrogens (tertiary/aromatic N) is 4. The van der Waals surface area contributed by atoms with Crippen molar-refractivity contribution in [2.45, 2.75) is 0 Å². The zero-order valence-electron chi connectivity index (χ0n) is 24.2. The Kier molecular flexibility index (Phi) is 5.82. The van der Waals surface area contributed by atoms with Crippen LogP contribution in [0.2, 0.25) is 0 Å². The highest BCUT2D eigenvalue weighted by Crippen LogP contribution is 2.38. The summed E-state index contributed by atoms with van der Waals surface area (Å²) in [5, 5.41) is 2.22. The van der Waals surface area contributed by atoms with E-state index in [0.717, 1.165) is 55.3 Å². The largest absolute Gasteiger partial charge is 0.308 e. The van der Waals surface area contributed by atoms with Crippen LogP contribution in [0.25, 0.3) is 72.8 Å². The number of rotatable bonds is 5. The number of aromatic nitrogens is 4. The van der Waals surface area contributed by atoms with Crippen LogP contribution in [0.1, 0.15) is 1.37 Å². The van der Waals surface area contributed by atoms with E-state index in [9.17, 15) is 0 Å². The van der Waals surface area contributed by atoms with Crippen molar-refractivity contribution in [1.82, 2.24) is 19.5 Å². The van der Waals surface area contributed by atoms with E-state index in [-0.39, 0.29) is 0 Å². The van der Waals surface area contributed by atoms with E-state index >= 15 is 0 Å². The minimum Gasteiger partial charge on any atom is -0.308 e. The summed E-state index contributed by atoms with van der Waals surface area (Å²) >= 11 is 0. The Morgan fingerprint density at radius 1 is 0.419 bits per heavy atom. The summed E-state index contributed by atoms with van der Waals surface area (Å²) in [5.74, 6) is 1.81. The van der Waals surface area contributed by atoms with Gasteiger partial charge in [-0.1, -0.05) is 133 Å². The van der Waals surface area contributed by atoms with Crippen LogP contribution >= 0.6 is 0 Å². The molecule has 0 bridgehead atoms. The molecule has 0 N–H and O–H groups in total. The molecule has 8 rings (SSSR count). The molecule has 202 valence electrons. The van der Waals surface area contributed by atoms with Crippen LogP contribution < -0.4 is 0 Å². The summed E-state index contributed by atoms with van der Waals surface area (Å²) in [6.07, 6.45) is 0. The number of benzene rings is 6. The van der Waals surface area contributed by atoms with E-state index in [1.54, 1.807) is 0 Å². The molecule has 8 aromatic rings. The zero-order chi connectivity index (χ0) is 29.5. The summed E-state index contributed by atoms with van der Waals surface area (Å²) in [5.41, 5.74) is 7.88. The summed E-state index contributed by atoms with van der Waals surface area (Å²) < 4.78 is 10.8. The maximum atomic E-state index is 8.50. The molecular formula is C39H26N4. The maximum Gasteiger partial charge on any atom is 0.166 e. The Bertz CT molecular complexity index is 2220. The van der Waals surface area contributed by atoms with E-state index in [1.807, 2.05) is 84.9 Å². The molecule has 0 fully saturated rings. The molecule has 2 aromatic heterocycles. The Balaban J connectivity index is 1.46. The maximum absolute atomic E-state index is 8.50. The van der Waals surface area contributed by atoms with E-state index in [4.69, 9.17) is 16.3 Å². The lowest BCUT2D eigenvalue weighted by molar-refractivity contribution is 1.06. The predicted molar refractivity (Wildman–Crippen MR) is 176 cm³/mol. The summed E-state index contributed by atoms with van der Waals surface area (Å²) in [6.45, 7) is 0. The van der Waals surface area contributed by atoms with Crippen LogP contribution in [0.3, 0.4) is 0 Å². The minimum absolute atomic E-state index is 0.459. The fraction of sp³-hybridized carbons (Fsp3) is 0. The quantitative estimate of drug-likeness (QED) is 0.214. The van der Waals surface area contributed by atoms with Crippen molar-refractivity contribution in [2.75, 3.05) is 0 Å². The van der Waals surface area contributed by atoms with Gasteiger partial charge in [-0.2, -0.15) is 0 Å². The second kappa shape index (κ2) is 10.5. The smallest absolute Gasteiger partial charge is 0.166 e. The molecule has 0 spiro atoms. The lowest BCUT2D eigenvalue weighted by Gasteiger charge is -2.16. The first-order chi connectivity index (χ1) is 21.7. The molecule has 6 aromatic carbocycles. The SMILES string of the molecule is [2H]c1ccc2c3ccccc3n(-c3cc(-c4ccccc4)ccc3-c3nc(-c4ccccc4)nc(-c4ccccc4)n3)c2c1. The summed E-state index contributed by atoms with van der Waals surface area (Å²) in [4.78, 5) is 15.1. The van der Waals surface area contributed by atoms with Crippen LogP contribution in [0.4, 0.5) is 0 Å². The van der Waals surface area contributed by atoms with Gasteiger partial charge in [-0.25, -0.2) is 15.0 Å². The third-order valence-corrected chi connectivity index (χ3v) is 7.80. The molecule has 43 heavy (non-hydrogen) atoms. The molecule has 0 atom stereocenters. The van der Waals surface area contributed by atoms with Gasteiger partial charge in [0, 0.05) is 27.5 Å². The molecule has 0 aliphatic rings. The topological polar surface area (TPSA) is 43.6 Å². The molecule has 2 heterocycles. The minimum atomic E-state index is 0.459. The van der Waals surface area contributed by atoms with Gasteiger partial charge in [-0.3, -0.25) is 0 Å². The first kappa shape index (κ1) is 23.8. The third kappa shape index (κ3) is 4.46. The van der Waals surface area contributed by atoms with E-state index in [2.05, 4.69) is 71.3 Å². The molecule has 0 radical (unpaired) electrons. The number of fused-ring (bicyclic) bond motifs is 3. The highest BCUT2D eigenvalue weighted by atomic mass is 15.1. The molecule has 4 nitrogen and oxygen atoms in total. The van der Waals surface area contributed by atoms with Crippen LogP contribution in [0.5, 0.6) is 0 Å². The number of para-hydroxylation sites is 2. The fourth-order valence-electron chi connectivity index (χ4n) is 5.77. The molecule has 0 amide bonds. The monoisotopic (exact) mass is 551 g/mol. The van der Waals surface area contributed by atoms with Gasteiger partial charge in [0.1, 0.15) is 0 Å². The van der Waals surface area contributed by atoms with E-state index in [0.29, 0.717) is 23.5 Å². The lowest BCUT2D eigenvalue weighted by Crippen LogP contribution is -2.04. The van der Waals surface area contributed by atoms with Crippen LogP contribution in [0, 0.1) is 0 Å². The Hall–Kier alpha value is -5.87. The van der Waals surface area contributed by atoms with Gasteiger partial charge in [0.15, 0.2) is 17.5 Å². The van der Waals surface area contributed by atoms with Crippen LogP contribution in [-0.4, -0.2) is 19.5 Å². The second-order valence-electron chi connectivity index (χ2n) is 10.4. The van der Waals surface area contributed by atoms with Crippen molar-refractivity contribution in [3.8, 4) is 51.0 Å². The molecule has 0 unspecified atom stereocenters. The average Bonchev–Trinajstić information content (AvgIpc) is 3.42. The molecular weight excluding hydrogens is 524 g/mol. The molecule has 4 heteroatoms. The van der Waals surface area contributed by atoms with Crippen molar-refractivity contribution in [1.29, 1.82) is 0 Å². The Morgan fingerprint density at radius 3 is 1.58 bits per heavy atom. The highest BCUT2D eigenvalue weighted by molar-refractivity contribution is 6.09. The molecule has 0 aliphatic carbocycles. The van der Waals surface area contributed by atoms with E-state index in [1.165, 1.54) is 0 Å². The molecule has 0 aliphatic heterocycles. The van der Waals surface area contributed by atoms with Gasteiger partial charge in [0.2, 0.25) is 0 Å². The van der Waals surface area contributed by atoms with Gasteiger partial charge in [0.25, 0.3) is 0 Å². The zero-order valence-corrected chi connectivity index (χ0v) is 23.2. The second-order valence-corrected chi connectivity index (χ2v) is 10.4. The Morgan fingerprint density at radius 2 is 0.930 bits per heavy atom. The first-order valence-electron chi connectivity index (χ1n) is 14.8. The lowest BCUT2D eigenvalue weighted by atomic mass is 10.0. The van der Waals surface area contributed by atoms with Gasteiger partial charge in [-0.05, 0) is 35.4 Å².